The summed E-state index contributed by atoms with van der Waals surface area (Å²) in [6.07, 6.45) is 0. The molecule has 0 spiro atoms. The van der Waals surface area contributed by atoms with Gasteiger partial charge in [0.2, 0.25) is 0 Å². The van der Waals surface area contributed by atoms with Crippen molar-refractivity contribution in [3.05, 3.63) is 42.0 Å². The van der Waals surface area contributed by atoms with Crippen LogP contribution in [0.2, 0.25) is 0 Å². The first kappa shape index (κ1) is 9.37. The van der Waals surface area contributed by atoms with Gasteiger partial charge in [0, 0.05) is 5.39 Å². The third-order valence-electron chi connectivity index (χ3n) is 2.25. The van der Waals surface area contributed by atoms with Gasteiger partial charge in [0.1, 0.15) is 0 Å². The Kier molecular flexibility index (Phi) is 2.35. The molecule has 2 aromatic rings. The van der Waals surface area contributed by atoms with Crippen LogP contribution in [0, 0.1) is 6.92 Å². The molecule has 0 saturated carbocycles. The van der Waals surface area contributed by atoms with Crippen molar-refractivity contribution in [3.63, 3.8) is 0 Å². The van der Waals surface area contributed by atoms with Gasteiger partial charge in [0.15, 0.2) is 11.1 Å². The summed E-state index contributed by atoms with van der Waals surface area (Å²) >= 11 is -1.92. The van der Waals surface area contributed by atoms with Gasteiger partial charge in [-0.2, -0.15) is 0 Å². The highest BCUT2D eigenvalue weighted by atomic mass is 32.2. The zero-order chi connectivity index (χ0) is 10.1. The van der Waals surface area contributed by atoms with Gasteiger partial charge in [0.25, 0.3) is 0 Å². The lowest BCUT2D eigenvalue weighted by Gasteiger charge is -2.05. The average Bonchev–Trinajstić information content (AvgIpc) is 2.17. The van der Waals surface area contributed by atoms with E-state index in [-0.39, 0.29) is 0 Å². The lowest BCUT2D eigenvalue weighted by molar-refractivity contribution is 0.565. The second kappa shape index (κ2) is 3.52. The minimum Gasteiger partial charge on any atom is -0.302 e. The zero-order valence-corrected chi connectivity index (χ0v) is 8.54. The van der Waals surface area contributed by atoms with Gasteiger partial charge in [-0.3, -0.25) is 0 Å². The Balaban J connectivity index is 2.90. The van der Waals surface area contributed by atoms with Crippen molar-refractivity contribution in [2.24, 2.45) is 0 Å². The number of hydrogen-bond donors (Lipinski definition) is 1. The normalized spacial score (nSPS) is 13.0. The molecule has 1 atom stereocenters. The molecule has 0 radical (unpaired) electrons. The van der Waals surface area contributed by atoms with Crippen molar-refractivity contribution in [3.8, 4) is 0 Å². The minimum absolute atomic E-state index is 0.517. The summed E-state index contributed by atoms with van der Waals surface area (Å²) in [5, 5.41) is 1.85. The van der Waals surface area contributed by atoms with Gasteiger partial charge in [0.05, 0.1) is 4.90 Å². The number of fused-ring (bicyclic) bond motifs is 1. The molecule has 0 aromatic heterocycles. The van der Waals surface area contributed by atoms with E-state index in [2.05, 4.69) is 0 Å². The Bertz CT molecular complexity index is 506. The molecular formula is C11H10O2S. The summed E-state index contributed by atoms with van der Waals surface area (Å²) in [7, 11) is 0. The molecule has 14 heavy (non-hydrogen) atoms. The lowest BCUT2D eigenvalue weighted by atomic mass is 10.1. The molecule has 0 fully saturated rings. The second-order valence-electron chi connectivity index (χ2n) is 3.18. The fourth-order valence-corrected chi connectivity index (χ4v) is 2.30. The maximum Gasteiger partial charge on any atom is 0.187 e. The smallest absolute Gasteiger partial charge is 0.187 e. The van der Waals surface area contributed by atoms with Crippen LogP contribution in [0.3, 0.4) is 0 Å². The first-order valence-electron chi connectivity index (χ1n) is 4.29. The summed E-state index contributed by atoms with van der Waals surface area (Å²) in [6.45, 7) is 1.84. The first-order chi connectivity index (χ1) is 6.70. The van der Waals surface area contributed by atoms with Gasteiger partial charge in [-0.05, 0) is 17.9 Å². The highest BCUT2D eigenvalue weighted by Gasteiger charge is 2.08. The summed E-state index contributed by atoms with van der Waals surface area (Å²) < 4.78 is 20.3. The summed E-state index contributed by atoms with van der Waals surface area (Å²) in [6, 6.07) is 11.4. The van der Waals surface area contributed by atoms with Crippen LogP contribution in [0.15, 0.2) is 41.3 Å². The van der Waals surface area contributed by atoms with Gasteiger partial charge in [-0.15, -0.1) is 0 Å². The van der Waals surface area contributed by atoms with Crippen LogP contribution in [-0.4, -0.2) is 8.76 Å². The van der Waals surface area contributed by atoms with Crippen molar-refractivity contribution >= 4 is 21.9 Å². The molecule has 0 bridgehead atoms. The molecule has 1 unspecified atom stereocenters. The molecular weight excluding hydrogens is 196 g/mol. The van der Waals surface area contributed by atoms with Gasteiger partial charge < -0.3 is 4.55 Å². The molecule has 0 aliphatic carbocycles. The van der Waals surface area contributed by atoms with E-state index < -0.39 is 11.1 Å². The van der Waals surface area contributed by atoms with E-state index in [9.17, 15) is 8.76 Å². The van der Waals surface area contributed by atoms with Crippen molar-refractivity contribution in [2.45, 2.75) is 11.8 Å². The molecule has 0 amide bonds. The van der Waals surface area contributed by atoms with Crippen LogP contribution >= 0.6 is 0 Å². The third-order valence-corrected chi connectivity index (χ3v) is 3.14. The summed E-state index contributed by atoms with van der Waals surface area (Å²) in [5.74, 6) is 0. The van der Waals surface area contributed by atoms with E-state index in [1.807, 2.05) is 43.3 Å². The molecule has 3 heteroatoms. The molecule has 2 rings (SSSR count). The standard InChI is InChI=1S/C11H10O2S/c1-8-6-7-9-4-2-3-5-10(9)11(8)14(12)13/h2-7H,1H3,(H,12,13). The highest BCUT2D eigenvalue weighted by molar-refractivity contribution is 7.79. The zero-order valence-electron chi connectivity index (χ0n) is 7.73. The van der Waals surface area contributed by atoms with E-state index in [0.717, 1.165) is 16.3 Å². The SMILES string of the molecule is Cc1ccc2ccccc2c1S(=O)O. The predicted molar refractivity (Wildman–Crippen MR) is 57.7 cm³/mol. The molecule has 2 aromatic carbocycles. The summed E-state index contributed by atoms with van der Waals surface area (Å²) in [4.78, 5) is 0.517. The van der Waals surface area contributed by atoms with Crippen molar-refractivity contribution in [1.82, 2.24) is 0 Å². The Morgan fingerprint density at radius 1 is 1.14 bits per heavy atom. The van der Waals surface area contributed by atoms with E-state index in [1.165, 1.54) is 0 Å². The molecule has 0 aliphatic heterocycles. The average molecular weight is 206 g/mol. The van der Waals surface area contributed by atoms with Crippen molar-refractivity contribution in [1.29, 1.82) is 0 Å². The number of rotatable bonds is 1. The van der Waals surface area contributed by atoms with Crippen LogP contribution < -0.4 is 0 Å². The quantitative estimate of drug-likeness (QED) is 0.728. The van der Waals surface area contributed by atoms with E-state index in [0.29, 0.717) is 4.90 Å². The monoisotopic (exact) mass is 206 g/mol. The van der Waals surface area contributed by atoms with Gasteiger partial charge in [-0.1, -0.05) is 36.4 Å². The largest absolute Gasteiger partial charge is 0.302 e. The van der Waals surface area contributed by atoms with E-state index >= 15 is 0 Å². The predicted octanol–water partition coefficient (Wildman–Crippen LogP) is 2.73. The Hall–Kier alpha value is -1.19. The first-order valence-corrected chi connectivity index (χ1v) is 5.40. The van der Waals surface area contributed by atoms with Crippen molar-refractivity contribution in [2.75, 3.05) is 0 Å². The molecule has 0 saturated heterocycles. The van der Waals surface area contributed by atoms with E-state index in [1.54, 1.807) is 0 Å². The van der Waals surface area contributed by atoms with Crippen LogP contribution in [0.5, 0.6) is 0 Å². The fourth-order valence-electron chi connectivity index (χ4n) is 1.58. The van der Waals surface area contributed by atoms with Gasteiger partial charge in [-0.25, -0.2) is 4.21 Å². The third kappa shape index (κ3) is 1.45. The maximum absolute atomic E-state index is 11.1. The Morgan fingerprint density at radius 2 is 1.86 bits per heavy atom. The van der Waals surface area contributed by atoms with Crippen LogP contribution in [0.25, 0.3) is 10.8 Å². The van der Waals surface area contributed by atoms with Crippen LogP contribution in [-0.2, 0) is 11.1 Å². The fraction of sp³-hybridized carbons (Fsp3) is 0.0909. The molecule has 72 valence electrons. The lowest BCUT2D eigenvalue weighted by Crippen LogP contribution is -1.93. The number of hydrogen-bond acceptors (Lipinski definition) is 1. The molecule has 0 aliphatic rings. The van der Waals surface area contributed by atoms with Crippen LogP contribution in [0.4, 0.5) is 0 Å². The van der Waals surface area contributed by atoms with Crippen molar-refractivity contribution < 1.29 is 8.76 Å². The molecule has 0 heterocycles. The Labute approximate surface area is 84.9 Å². The minimum atomic E-state index is -1.92. The Morgan fingerprint density at radius 3 is 2.57 bits per heavy atom. The van der Waals surface area contributed by atoms with Crippen LogP contribution in [0.1, 0.15) is 5.56 Å². The molecule has 1 N–H and O–H groups in total. The second-order valence-corrected chi connectivity index (χ2v) is 4.09. The summed E-state index contributed by atoms with van der Waals surface area (Å²) in [5.41, 5.74) is 0.851. The highest BCUT2D eigenvalue weighted by Crippen LogP contribution is 2.24. The van der Waals surface area contributed by atoms with Gasteiger partial charge >= 0.3 is 0 Å². The number of aryl methyl sites for hydroxylation is 1. The topological polar surface area (TPSA) is 37.3 Å². The molecule has 2 nitrogen and oxygen atoms in total. The van der Waals surface area contributed by atoms with E-state index in [4.69, 9.17) is 0 Å². The maximum atomic E-state index is 11.1. The number of benzene rings is 2.